The summed E-state index contributed by atoms with van der Waals surface area (Å²) in [6.07, 6.45) is 5.34. The number of anilines is 1. The number of halogens is 3. The van der Waals surface area contributed by atoms with Gasteiger partial charge in [0.05, 0.1) is 10.6 Å². The average molecular weight is 381 g/mol. The lowest BCUT2D eigenvalue weighted by molar-refractivity contribution is 0.0573. The Labute approximate surface area is 155 Å². The highest BCUT2D eigenvalue weighted by Crippen LogP contribution is 2.25. The number of hydrogen-bond acceptors (Lipinski definition) is 3. The fourth-order valence-corrected chi connectivity index (χ4v) is 3.70. The van der Waals surface area contributed by atoms with E-state index in [9.17, 15) is 4.79 Å². The summed E-state index contributed by atoms with van der Waals surface area (Å²) in [5, 5.41) is 0.443. The van der Waals surface area contributed by atoms with E-state index in [-0.39, 0.29) is 30.7 Å². The van der Waals surface area contributed by atoms with Crippen molar-refractivity contribution in [2.45, 2.75) is 31.7 Å². The molecule has 1 aromatic carbocycles. The van der Waals surface area contributed by atoms with Gasteiger partial charge in [0.1, 0.15) is 0 Å². The monoisotopic (exact) mass is 379 g/mol. The molecular weight excluding hydrogens is 357 g/mol. The summed E-state index contributed by atoms with van der Waals surface area (Å²) in [6.45, 7) is 3.53. The zero-order valence-corrected chi connectivity index (χ0v) is 15.4. The fourth-order valence-electron chi connectivity index (χ4n) is 3.43. The number of nitrogens with two attached hydrogens (primary N) is 1. The number of rotatable bonds is 2. The van der Waals surface area contributed by atoms with E-state index in [0.717, 1.165) is 32.2 Å². The van der Waals surface area contributed by atoms with Crippen LogP contribution in [0.15, 0.2) is 18.2 Å². The van der Waals surface area contributed by atoms with E-state index in [2.05, 4.69) is 4.90 Å². The highest BCUT2D eigenvalue weighted by Gasteiger charge is 2.28. The van der Waals surface area contributed by atoms with Crippen LogP contribution in [0, 0.1) is 0 Å². The van der Waals surface area contributed by atoms with Crippen molar-refractivity contribution < 1.29 is 4.79 Å². The molecule has 1 heterocycles. The molecule has 130 valence electrons. The van der Waals surface area contributed by atoms with Gasteiger partial charge >= 0.3 is 0 Å². The Morgan fingerprint density at radius 2 is 1.70 bits per heavy atom. The molecule has 3 rings (SSSR count). The quantitative estimate of drug-likeness (QED) is 0.799. The number of benzene rings is 1. The number of nitrogen functional groups attached to an aromatic ring is 1. The molecule has 2 aliphatic rings. The Morgan fingerprint density at radius 1 is 1.09 bits per heavy atom. The van der Waals surface area contributed by atoms with Gasteiger partial charge in [0.15, 0.2) is 0 Å². The summed E-state index contributed by atoms with van der Waals surface area (Å²) in [5.74, 6) is 0.0195. The van der Waals surface area contributed by atoms with E-state index in [4.69, 9.17) is 17.3 Å². The summed E-state index contributed by atoms with van der Waals surface area (Å²) in [5.41, 5.74) is 6.82. The molecule has 1 saturated heterocycles. The highest BCUT2D eigenvalue weighted by atomic mass is 35.5. The largest absolute Gasteiger partial charge is 0.399 e. The lowest BCUT2D eigenvalue weighted by Gasteiger charge is -2.38. The summed E-state index contributed by atoms with van der Waals surface area (Å²) < 4.78 is 0. The van der Waals surface area contributed by atoms with Crippen LogP contribution in [-0.4, -0.2) is 47.9 Å². The van der Waals surface area contributed by atoms with Crippen molar-refractivity contribution in [3.05, 3.63) is 28.8 Å². The molecule has 0 aromatic heterocycles. The third kappa shape index (κ3) is 4.66. The zero-order chi connectivity index (χ0) is 14.8. The number of nitrogens with zero attached hydrogens (tertiary/aromatic N) is 2. The molecule has 2 fully saturated rings. The molecule has 7 heteroatoms. The van der Waals surface area contributed by atoms with Crippen LogP contribution in [0.2, 0.25) is 5.02 Å². The topological polar surface area (TPSA) is 49.6 Å². The van der Waals surface area contributed by atoms with Gasteiger partial charge in [-0.15, -0.1) is 24.8 Å². The van der Waals surface area contributed by atoms with Gasteiger partial charge in [-0.05, 0) is 31.0 Å². The van der Waals surface area contributed by atoms with E-state index in [1.165, 1.54) is 25.7 Å². The molecule has 1 saturated carbocycles. The summed E-state index contributed by atoms with van der Waals surface area (Å²) >= 11 is 6.14. The molecule has 0 atom stereocenters. The normalized spacial score (nSPS) is 19.1. The van der Waals surface area contributed by atoms with Crippen molar-refractivity contribution in [2.75, 3.05) is 31.9 Å². The van der Waals surface area contributed by atoms with E-state index in [0.29, 0.717) is 16.3 Å². The molecule has 2 N–H and O–H groups in total. The van der Waals surface area contributed by atoms with Crippen molar-refractivity contribution in [1.29, 1.82) is 0 Å². The third-order valence-electron chi connectivity index (χ3n) is 4.67. The Balaban J connectivity index is 0.00000132. The second-order valence-electron chi connectivity index (χ2n) is 6.01. The molecule has 0 bridgehead atoms. The SMILES string of the molecule is Cl.Cl.Nc1ccc(C(=O)N2CCN(C3CCCC3)CC2)c(Cl)c1. The molecule has 0 spiro atoms. The number of hydrogen-bond donors (Lipinski definition) is 1. The van der Waals surface area contributed by atoms with Gasteiger partial charge in [0, 0.05) is 37.9 Å². The van der Waals surface area contributed by atoms with E-state index >= 15 is 0 Å². The maximum atomic E-state index is 12.5. The van der Waals surface area contributed by atoms with Gasteiger partial charge in [0.2, 0.25) is 0 Å². The molecule has 23 heavy (non-hydrogen) atoms. The van der Waals surface area contributed by atoms with Crippen molar-refractivity contribution in [3.8, 4) is 0 Å². The summed E-state index contributed by atoms with van der Waals surface area (Å²) in [6, 6.07) is 5.84. The van der Waals surface area contributed by atoms with Gasteiger partial charge in [-0.3, -0.25) is 9.69 Å². The van der Waals surface area contributed by atoms with Crippen LogP contribution in [0.5, 0.6) is 0 Å². The summed E-state index contributed by atoms with van der Waals surface area (Å²) in [4.78, 5) is 17.0. The number of carbonyl (C=O) groups is 1. The van der Waals surface area contributed by atoms with Crippen LogP contribution >= 0.6 is 36.4 Å². The predicted molar refractivity (Wildman–Crippen MR) is 100 cm³/mol. The van der Waals surface area contributed by atoms with Crippen LogP contribution in [0.4, 0.5) is 5.69 Å². The van der Waals surface area contributed by atoms with Crippen molar-refractivity contribution >= 4 is 48.0 Å². The van der Waals surface area contributed by atoms with Crippen LogP contribution < -0.4 is 5.73 Å². The van der Waals surface area contributed by atoms with Gasteiger partial charge in [-0.25, -0.2) is 0 Å². The van der Waals surface area contributed by atoms with E-state index in [1.54, 1.807) is 18.2 Å². The van der Waals surface area contributed by atoms with E-state index < -0.39 is 0 Å². The van der Waals surface area contributed by atoms with Crippen LogP contribution in [0.3, 0.4) is 0 Å². The Hall–Kier alpha value is -0.680. The molecule has 1 amide bonds. The third-order valence-corrected chi connectivity index (χ3v) is 4.98. The minimum atomic E-state index is 0. The molecular formula is C16H24Cl3N3O. The Kier molecular flexibility index (Phi) is 7.95. The number of amides is 1. The van der Waals surface area contributed by atoms with Gasteiger partial charge in [-0.2, -0.15) is 0 Å². The molecule has 0 radical (unpaired) electrons. The molecule has 1 aromatic rings. The van der Waals surface area contributed by atoms with Crippen LogP contribution in [0.25, 0.3) is 0 Å². The predicted octanol–water partition coefficient (Wildman–Crippen LogP) is 3.47. The van der Waals surface area contributed by atoms with Crippen LogP contribution in [-0.2, 0) is 0 Å². The van der Waals surface area contributed by atoms with Crippen molar-refractivity contribution in [1.82, 2.24) is 9.80 Å². The van der Waals surface area contributed by atoms with Gasteiger partial charge in [0.25, 0.3) is 5.91 Å². The summed E-state index contributed by atoms with van der Waals surface area (Å²) in [7, 11) is 0. The first-order chi connectivity index (χ1) is 10.1. The smallest absolute Gasteiger partial charge is 0.255 e. The second-order valence-corrected chi connectivity index (χ2v) is 6.41. The van der Waals surface area contributed by atoms with Gasteiger partial charge < -0.3 is 10.6 Å². The van der Waals surface area contributed by atoms with Gasteiger partial charge in [-0.1, -0.05) is 24.4 Å². The zero-order valence-electron chi connectivity index (χ0n) is 13.0. The first kappa shape index (κ1) is 20.4. The Morgan fingerprint density at radius 3 is 2.26 bits per heavy atom. The average Bonchev–Trinajstić information content (AvgIpc) is 3.01. The molecule has 1 aliphatic carbocycles. The minimum Gasteiger partial charge on any atom is -0.399 e. The van der Waals surface area contributed by atoms with E-state index in [1.807, 2.05) is 4.90 Å². The number of carbonyl (C=O) groups excluding carboxylic acids is 1. The van der Waals surface area contributed by atoms with Crippen molar-refractivity contribution in [3.63, 3.8) is 0 Å². The van der Waals surface area contributed by atoms with Crippen molar-refractivity contribution in [2.24, 2.45) is 0 Å². The Bertz CT molecular complexity index is 527. The first-order valence-corrected chi connectivity index (χ1v) is 8.11. The molecule has 4 nitrogen and oxygen atoms in total. The maximum absolute atomic E-state index is 12.5. The molecule has 0 unspecified atom stereocenters. The minimum absolute atomic E-state index is 0. The highest BCUT2D eigenvalue weighted by molar-refractivity contribution is 6.34. The van der Waals surface area contributed by atoms with Crippen LogP contribution in [0.1, 0.15) is 36.0 Å². The number of piperazine rings is 1. The first-order valence-electron chi connectivity index (χ1n) is 7.73. The lowest BCUT2D eigenvalue weighted by atomic mass is 10.1. The second kappa shape index (κ2) is 8.97. The fraction of sp³-hybridized carbons (Fsp3) is 0.562. The standard InChI is InChI=1S/C16H22ClN3O.2ClH/c17-15-11-12(18)5-6-14(15)16(21)20-9-7-19(8-10-20)13-3-1-2-4-13;;/h5-6,11,13H,1-4,7-10,18H2;2*1H. The lowest BCUT2D eigenvalue weighted by Crippen LogP contribution is -2.51. The maximum Gasteiger partial charge on any atom is 0.255 e. The molecule has 1 aliphatic heterocycles.